The van der Waals surface area contributed by atoms with E-state index < -0.39 is 11.5 Å². The first-order valence-corrected chi connectivity index (χ1v) is 5.77. The van der Waals surface area contributed by atoms with E-state index in [0.29, 0.717) is 19.4 Å². The lowest BCUT2D eigenvalue weighted by Crippen LogP contribution is -2.55. The van der Waals surface area contributed by atoms with Gasteiger partial charge in [-0.05, 0) is 26.2 Å². The zero-order chi connectivity index (χ0) is 12.9. The summed E-state index contributed by atoms with van der Waals surface area (Å²) in [7, 11) is 0. The summed E-state index contributed by atoms with van der Waals surface area (Å²) in [6.45, 7) is 4.23. The molecule has 1 rings (SSSR count). The molecular weight excluding hydrogens is 220 g/mol. The lowest BCUT2D eigenvalue weighted by molar-refractivity contribution is -0.148. The van der Waals surface area contributed by atoms with Gasteiger partial charge in [0.05, 0.1) is 6.54 Å². The van der Waals surface area contributed by atoms with E-state index in [-0.39, 0.29) is 12.6 Å². The van der Waals surface area contributed by atoms with Gasteiger partial charge in [-0.1, -0.05) is 12.8 Å². The molecule has 5 nitrogen and oxygen atoms in total. The molecule has 2 amide bonds. The summed E-state index contributed by atoms with van der Waals surface area (Å²) in [5.41, 5.74) is -1.04. The Morgan fingerprint density at radius 2 is 2.24 bits per heavy atom. The number of carbonyl (C=O) groups is 2. The molecule has 1 unspecified atom stereocenters. The van der Waals surface area contributed by atoms with Crippen LogP contribution >= 0.6 is 0 Å². The van der Waals surface area contributed by atoms with Crippen LogP contribution in [0.2, 0.25) is 0 Å². The van der Waals surface area contributed by atoms with Crippen LogP contribution in [0.1, 0.15) is 33.1 Å². The van der Waals surface area contributed by atoms with E-state index in [9.17, 15) is 14.7 Å². The van der Waals surface area contributed by atoms with Crippen LogP contribution < -0.4 is 5.32 Å². The van der Waals surface area contributed by atoms with Gasteiger partial charge in [0.25, 0.3) is 0 Å². The van der Waals surface area contributed by atoms with Crippen molar-refractivity contribution in [2.75, 3.05) is 13.1 Å². The molecule has 0 aromatic heterocycles. The summed E-state index contributed by atoms with van der Waals surface area (Å²) in [5, 5.41) is 11.9. The Morgan fingerprint density at radius 3 is 2.76 bits per heavy atom. The van der Waals surface area contributed by atoms with Crippen molar-refractivity contribution >= 4 is 12.0 Å². The van der Waals surface area contributed by atoms with Crippen LogP contribution in [0.4, 0.5) is 4.79 Å². The van der Waals surface area contributed by atoms with Crippen molar-refractivity contribution in [1.82, 2.24) is 10.2 Å². The molecule has 2 N–H and O–H groups in total. The molecule has 5 heteroatoms. The number of hydrogen-bond donors (Lipinski definition) is 2. The summed E-state index contributed by atoms with van der Waals surface area (Å²) >= 11 is 0. The van der Waals surface area contributed by atoms with Gasteiger partial charge in [0.2, 0.25) is 0 Å². The molecule has 17 heavy (non-hydrogen) atoms. The van der Waals surface area contributed by atoms with Crippen molar-refractivity contribution in [3.8, 4) is 11.8 Å². The molecule has 1 atom stereocenters. The van der Waals surface area contributed by atoms with Gasteiger partial charge in [-0.3, -0.25) is 0 Å². The first-order valence-electron chi connectivity index (χ1n) is 5.77. The quantitative estimate of drug-likeness (QED) is 0.722. The molecule has 1 heterocycles. The normalized spacial score (nSPS) is 22.8. The maximum Gasteiger partial charge on any atom is 0.329 e. The third kappa shape index (κ3) is 2.52. The summed E-state index contributed by atoms with van der Waals surface area (Å²) in [6.07, 6.45) is 1.67. The molecule has 1 aliphatic rings. The standard InChI is InChI=1S/C12H18N2O3/c1-3-5-8-13-11(17)14-9-6-7-12(14,4-2)10(15)16/h4,6-9H2,1-2H3,(H,13,17)(H,15,16). The van der Waals surface area contributed by atoms with Gasteiger partial charge in [-0.15, -0.1) is 5.92 Å². The van der Waals surface area contributed by atoms with Gasteiger partial charge in [0, 0.05) is 6.54 Å². The molecular formula is C12H18N2O3. The number of carboxylic acids is 1. The number of amides is 2. The van der Waals surface area contributed by atoms with Crippen LogP contribution in [0.5, 0.6) is 0 Å². The first kappa shape index (κ1) is 13.4. The largest absolute Gasteiger partial charge is 0.479 e. The number of aliphatic carboxylic acids is 1. The van der Waals surface area contributed by atoms with E-state index in [2.05, 4.69) is 17.2 Å². The van der Waals surface area contributed by atoms with Crippen molar-refractivity contribution in [3.05, 3.63) is 0 Å². The van der Waals surface area contributed by atoms with E-state index in [1.165, 1.54) is 4.90 Å². The van der Waals surface area contributed by atoms with Crippen molar-refractivity contribution in [1.29, 1.82) is 0 Å². The fourth-order valence-corrected chi connectivity index (χ4v) is 2.22. The predicted octanol–water partition coefficient (Wildman–Crippen LogP) is 1.05. The van der Waals surface area contributed by atoms with E-state index in [1.807, 2.05) is 0 Å². The highest BCUT2D eigenvalue weighted by molar-refractivity contribution is 5.87. The molecule has 0 spiro atoms. The molecule has 1 aliphatic heterocycles. The smallest absolute Gasteiger partial charge is 0.329 e. The Labute approximate surface area is 101 Å². The van der Waals surface area contributed by atoms with Crippen LogP contribution in [0, 0.1) is 11.8 Å². The molecule has 0 bridgehead atoms. The Hall–Kier alpha value is -1.70. The third-order valence-corrected chi connectivity index (χ3v) is 3.22. The first-order chi connectivity index (χ1) is 8.08. The minimum atomic E-state index is -1.04. The SMILES string of the molecule is CC#CCNC(=O)N1CCCC1(CC)C(=O)O. The van der Waals surface area contributed by atoms with Crippen molar-refractivity contribution in [2.45, 2.75) is 38.6 Å². The number of carboxylic acid groups (broad SMARTS) is 1. The zero-order valence-electron chi connectivity index (χ0n) is 10.2. The maximum absolute atomic E-state index is 11.9. The second-order valence-corrected chi connectivity index (χ2v) is 4.03. The predicted molar refractivity (Wildman–Crippen MR) is 63.4 cm³/mol. The lowest BCUT2D eigenvalue weighted by atomic mass is 9.93. The second kappa shape index (κ2) is 5.58. The fourth-order valence-electron chi connectivity index (χ4n) is 2.22. The molecule has 0 aliphatic carbocycles. The Morgan fingerprint density at radius 1 is 1.53 bits per heavy atom. The Kier molecular flexibility index (Phi) is 4.38. The molecule has 94 valence electrons. The molecule has 1 saturated heterocycles. The molecule has 1 fully saturated rings. The number of nitrogens with zero attached hydrogens (tertiary/aromatic N) is 1. The number of urea groups is 1. The van der Waals surface area contributed by atoms with Gasteiger partial charge in [-0.25, -0.2) is 9.59 Å². The van der Waals surface area contributed by atoms with Gasteiger partial charge in [0.15, 0.2) is 0 Å². The van der Waals surface area contributed by atoms with Crippen molar-refractivity contribution in [2.24, 2.45) is 0 Å². The van der Waals surface area contributed by atoms with Crippen molar-refractivity contribution in [3.63, 3.8) is 0 Å². The zero-order valence-corrected chi connectivity index (χ0v) is 10.2. The maximum atomic E-state index is 11.9. The van der Waals surface area contributed by atoms with Crippen LogP contribution in [0.3, 0.4) is 0 Å². The summed E-state index contributed by atoms with van der Waals surface area (Å²) in [6, 6.07) is -0.338. The fraction of sp³-hybridized carbons (Fsp3) is 0.667. The number of nitrogens with one attached hydrogen (secondary N) is 1. The van der Waals surface area contributed by atoms with E-state index >= 15 is 0 Å². The average Bonchev–Trinajstić information content (AvgIpc) is 2.74. The number of rotatable bonds is 3. The molecule has 0 aromatic carbocycles. The highest BCUT2D eigenvalue weighted by Gasteiger charge is 2.48. The molecule has 0 aromatic rings. The van der Waals surface area contributed by atoms with Crippen LogP contribution in [0.15, 0.2) is 0 Å². The Balaban J connectivity index is 2.76. The molecule has 0 radical (unpaired) electrons. The molecule has 0 saturated carbocycles. The second-order valence-electron chi connectivity index (χ2n) is 4.03. The third-order valence-electron chi connectivity index (χ3n) is 3.22. The minimum Gasteiger partial charge on any atom is -0.479 e. The summed E-state index contributed by atoms with van der Waals surface area (Å²) in [4.78, 5) is 24.7. The van der Waals surface area contributed by atoms with Crippen LogP contribution in [-0.4, -0.2) is 40.6 Å². The monoisotopic (exact) mass is 238 g/mol. The van der Waals surface area contributed by atoms with Gasteiger partial charge in [0.1, 0.15) is 5.54 Å². The highest BCUT2D eigenvalue weighted by atomic mass is 16.4. The average molecular weight is 238 g/mol. The number of carbonyl (C=O) groups excluding carboxylic acids is 1. The summed E-state index contributed by atoms with van der Waals surface area (Å²) < 4.78 is 0. The van der Waals surface area contributed by atoms with E-state index in [1.54, 1.807) is 13.8 Å². The van der Waals surface area contributed by atoms with Gasteiger partial charge >= 0.3 is 12.0 Å². The van der Waals surface area contributed by atoms with Crippen molar-refractivity contribution < 1.29 is 14.7 Å². The van der Waals surface area contributed by atoms with E-state index in [4.69, 9.17) is 0 Å². The van der Waals surface area contributed by atoms with Gasteiger partial charge < -0.3 is 15.3 Å². The van der Waals surface area contributed by atoms with Crippen LogP contribution in [-0.2, 0) is 4.79 Å². The lowest BCUT2D eigenvalue weighted by Gasteiger charge is -2.33. The number of likely N-dealkylation sites (tertiary alicyclic amines) is 1. The minimum absolute atomic E-state index is 0.255. The number of hydrogen-bond acceptors (Lipinski definition) is 2. The van der Waals surface area contributed by atoms with E-state index in [0.717, 1.165) is 6.42 Å². The highest BCUT2D eigenvalue weighted by Crippen LogP contribution is 2.32. The Bertz CT molecular complexity index is 370. The summed E-state index contributed by atoms with van der Waals surface area (Å²) in [5.74, 6) is 4.47. The topological polar surface area (TPSA) is 69.6 Å². The van der Waals surface area contributed by atoms with Crippen LogP contribution in [0.25, 0.3) is 0 Å². The van der Waals surface area contributed by atoms with Gasteiger partial charge in [-0.2, -0.15) is 0 Å².